The average Bonchev–Trinajstić information content (AvgIpc) is 3.03. The molecule has 0 aliphatic carbocycles. The topological polar surface area (TPSA) is 102 Å². The van der Waals surface area contributed by atoms with E-state index in [1.165, 1.54) is 54.6 Å². The van der Waals surface area contributed by atoms with Gasteiger partial charge in [-0.1, -0.05) is 47.0 Å². The van der Waals surface area contributed by atoms with Crippen LogP contribution in [0.5, 0.6) is 0 Å². The van der Waals surface area contributed by atoms with Crippen molar-refractivity contribution in [2.24, 2.45) is 0 Å². The molecule has 8 nitrogen and oxygen atoms in total. The van der Waals surface area contributed by atoms with E-state index >= 15 is 0 Å². The number of nitrogens with zero attached hydrogens (tertiary/aromatic N) is 1. The maximum Gasteiger partial charge on any atom is 0.355 e. The molecule has 0 unspecified atom stereocenters. The van der Waals surface area contributed by atoms with Gasteiger partial charge in [-0.25, -0.2) is 18.0 Å². The third-order valence-corrected chi connectivity index (χ3v) is 6.76. The molecule has 0 bridgehead atoms. The molecule has 11 heteroatoms. The van der Waals surface area contributed by atoms with E-state index in [9.17, 15) is 18.0 Å². The highest BCUT2D eigenvalue weighted by Gasteiger charge is 2.29. The van der Waals surface area contributed by atoms with E-state index in [4.69, 9.17) is 32.7 Å². The Balaban J connectivity index is 2.14. The van der Waals surface area contributed by atoms with Crippen molar-refractivity contribution < 1.29 is 27.5 Å². The molecule has 1 N–H and O–H groups in total. The first-order valence-corrected chi connectivity index (χ1v) is 12.0. The van der Waals surface area contributed by atoms with Crippen LogP contribution in [0, 0.1) is 6.92 Å². The summed E-state index contributed by atoms with van der Waals surface area (Å²) in [5.74, 6) is -1.62. The van der Waals surface area contributed by atoms with Crippen LogP contribution in [0.2, 0.25) is 10.0 Å². The summed E-state index contributed by atoms with van der Waals surface area (Å²) in [5, 5.41) is 0.110. The van der Waals surface area contributed by atoms with Gasteiger partial charge in [-0.05, 0) is 43.3 Å². The monoisotopic (exact) mass is 522 g/mol. The van der Waals surface area contributed by atoms with Gasteiger partial charge in [0.05, 0.1) is 46.1 Å². The van der Waals surface area contributed by atoms with Crippen molar-refractivity contribution in [3.63, 3.8) is 0 Å². The number of sulfonamides is 1. The fraction of sp³-hybridized carbons (Fsp3) is 0.130. The number of nitrogens with one attached hydrogen (secondary N) is 1. The number of anilines is 2. The highest BCUT2D eigenvalue weighted by molar-refractivity contribution is 7.92. The van der Waals surface area contributed by atoms with Gasteiger partial charge in [0.25, 0.3) is 10.0 Å². The number of ether oxygens (including phenoxy) is 2. The van der Waals surface area contributed by atoms with Gasteiger partial charge in [0.1, 0.15) is 5.70 Å². The van der Waals surface area contributed by atoms with E-state index in [2.05, 4.69) is 4.72 Å². The minimum atomic E-state index is -3.99. The number of rotatable bonds is 6. The SMILES string of the molecule is COC(=O)C1=C(C(=O)OC)N(c2cc(NS(=O)(=O)c3ccc(C)cc3)c(Cl)cc2Cl)C=CC=C1. The second kappa shape index (κ2) is 10.3. The van der Waals surface area contributed by atoms with Crippen LogP contribution in [0.15, 0.2) is 77.0 Å². The summed E-state index contributed by atoms with van der Waals surface area (Å²) in [4.78, 5) is 26.3. The molecule has 0 radical (unpaired) electrons. The van der Waals surface area contributed by atoms with Gasteiger partial charge in [0.15, 0.2) is 0 Å². The summed E-state index contributed by atoms with van der Waals surface area (Å²) < 4.78 is 37.9. The number of hydrogen-bond donors (Lipinski definition) is 1. The Bertz CT molecular complexity index is 1330. The van der Waals surface area contributed by atoms with Gasteiger partial charge in [0.2, 0.25) is 0 Å². The van der Waals surface area contributed by atoms with Gasteiger partial charge >= 0.3 is 11.9 Å². The maximum atomic E-state index is 12.9. The number of carbonyl (C=O) groups is 2. The summed E-state index contributed by atoms with van der Waals surface area (Å²) >= 11 is 12.7. The van der Waals surface area contributed by atoms with Gasteiger partial charge in [0, 0.05) is 6.20 Å². The number of halogens is 2. The van der Waals surface area contributed by atoms with E-state index in [0.717, 1.165) is 12.7 Å². The highest BCUT2D eigenvalue weighted by atomic mass is 35.5. The number of esters is 2. The van der Waals surface area contributed by atoms with Gasteiger partial charge in [-0.15, -0.1) is 0 Å². The number of carbonyl (C=O) groups excluding carboxylic acids is 2. The molecular formula is C23H20Cl2N2O6S. The normalized spacial score (nSPS) is 13.5. The molecule has 1 heterocycles. The lowest BCUT2D eigenvalue weighted by atomic mass is 10.1. The Kier molecular flexibility index (Phi) is 7.71. The lowest BCUT2D eigenvalue weighted by Crippen LogP contribution is -2.27. The van der Waals surface area contributed by atoms with Gasteiger partial charge in [-0.3, -0.25) is 4.72 Å². The molecule has 2 aromatic rings. The second-order valence-electron chi connectivity index (χ2n) is 7.02. The Morgan fingerprint density at radius 2 is 1.59 bits per heavy atom. The van der Waals surface area contributed by atoms with Crippen molar-refractivity contribution in [2.75, 3.05) is 23.8 Å². The first-order chi connectivity index (χ1) is 16.1. The number of benzene rings is 2. The lowest BCUT2D eigenvalue weighted by Gasteiger charge is -2.25. The Morgan fingerprint density at radius 1 is 0.941 bits per heavy atom. The molecule has 1 aliphatic rings. The third kappa shape index (κ3) is 5.27. The molecule has 3 rings (SSSR count). The van der Waals surface area contributed by atoms with E-state index in [1.54, 1.807) is 18.2 Å². The van der Waals surface area contributed by atoms with Crippen LogP contribution < -0.4 is 9.62 Å². The first-order valence-electron chi connectivity index (χ1n) is 9.72. The summed E-state index contributed by atoms with van der Waals surface area (Å²) in [6.07, 6.45) is 5.94. The fourth-order valence-electron chi connectivity index (χ4n) is 3.07. The van der Waals surface area contributed by atoms with Gasteiger partial charge < -0.3 is 14.4 Å². The molecule has 34 heavy (non-hydrogen) atoms. The van der Waals surface area contributed by atoms with Crippen molar-refractivity contribution in [3.8, 4) is 0 Å². The van der Waals surface area contributed by atoms with Crippen LogP contribution in [-0.4, -0.2) is 34.6 Å². The average molecular weight is 523 g/mol. The molecule has 0 fully saturated rings. The Morgan fingerprint density at radius 3 is 2.21 bits per heavy atom. The largest absolute Gasteiger partial charge is 0.465 e. The van der Waals surface area contributed by atoms with Gasteiger partial charge in [-0.2, -0.15) is 0 Å². The quantitative estimate of drug-likeness (QED) is 0.553. The van der Waals surface area contributed by atoms with Crippen LogP contribution in [0.4, 0.5) is 11.4 Å². The standard InChI is InChI=1S/C23H20Cl2N2O6S/c1-14-7-9-15(10-8-14)34(30,31)26-19-13-20(18(25)12-17(19)24)27-11-5-4-6-16(22(28)32-2)21(27)23(29)33-3/h4-13,26H,1-3H3. The summed E-state index contributed by atoms with van der Waals surface area (Å²) in [7, 11) is -1.65. The van der Waals surface area contributed by atoms with Crippen LogP contribution in [0.25, 0.3) is 0 Å². The maximum absolute atomic E-state index is 12.9. The van der Waals surface area contributed by atoms with Crippen LogP contribution in [0.3, 0.4) is 0 Å². The lowest BCUT2D eigenvalue weighted by molar-refractivity contribution is -0.139. The molecular weight excluding hydrogens is 503 g/mol. The van der Waals surface area contributed by atoms with Crippen molar-refractivity contribution >= 4 is 56.5 Å². The van der Waals surface area contributed by atoms with Crippen LogP contribution in [0.1, 0.15) is 5.56 Å². The number of hydrogen-bond acceptors (Lipinski definition) is 7. The Hall–Kier alpha value is -3.27. The van der Waals surface area contributed by atoms with Crippen LogP contribution in [-0.2, 0) is 29.1 Å². The molecule has 0 spiro atoms. The summed E-state index contributed by atoms with van der Waals surface area (Å²) in [6, 6.07) is 8.94. The van der Waals surface area contributed by atoms with Crippen molar-refractivity contribution in [2.45, 2.75) is 11.8 Å². The number of allylic oxidation sites excluding steroid dienone is 2. The summed E-state index contributed by atoms with van der Waals surface area (Å²) in [5.41, 5.74) is 0.796. The van der Waals surface area contributed by atoms with Crippen molar-refractivity contribution in [1.82, 2.24) is 0 Å². The minimum absolute atomic E-state index is 0.0103. The highest BCUT2D eigenvalue weighted by Crippen LogP contribution is 2.39. The second-order valence-corrected chi connectivity index (χ2v) is 9.51. The molecule has 1 aliphatic heterocycles. The van der Waals surface area contributed by atoms with E-state index in [1.807, 2.05) is 6.92 Å². The molecule has 0 atom stereocenters. The predicted molar refractivity (Wildman–Crippen MR) is 130 cm³/mol. The van der Waals surface area contributed by atoms with E-state index in [-0.39, 0.29) is 37.6 Å². The van der Waals surface area contributed by atoms with E-state index in [0.29, 0.717) is 0 Å². The number of methoxy groups -OCH3 is 2. The minimum Gasteiger partial charge on any atom is -0.465 e. The number of aryl methyl sites for hydroxylation is 1. The first kappa shape index (κ1) is 25.4. The third-order valence-electron chi connectivity index (χ3n) is 4.76. The molecule has 0 saturated carbocycles. The zero-order chi connectivity index (χ0) is 25.0. The van der Waals surface area contributed by atoms with Crippen molar-refractivity contribution in [3.05, 3.63) is 87.7 Å². The summed E-state index contributed by atoms with van der Waals surface area (Å²) in [6.45, 7) is 1.84. The zero-order valence-corrected chi connectivity index (χ0v) is 20.7. The van der Waals surface area contributed by atoms with Crippen LogP contribution >= 0.6 is 23.2 Å². The Labute approximate surface area is 207 Å². The van der Waals surface area contributed by atoms with Crippen molar-refractivity contribution in [1.29, 1.82) is 0 Å². The molecule has 0 amide bonds. The molecule has 0 aromatic heterocycles. The fourth-order valence-corrected chi connectivity index (χ4v) is 4.72. The smallest absolute Gasteiger partial charge is 0.355 e. The zero-order valence-electron chi connectivity index (χ0n) is 18.3. The predicted octanol–water partition coefficient (Wildman–Crippen LogP) is 4.59. The van der Waals surface area contributed by atoms with E-state index < -0.39 is 22.0 Å². The molecule has 178 valence electrons. The molecule has 2 aromatic carbocycles. The molecule has 0 saturated heterocycles.